The van der Waals surface area contributed by atoms with Gasteiger partial charge in [0.15, 0.2) is 0 Å². The van der Waals surface area contributed by atoms with Gasteiger partial charge in [-0.3, -0.25) is 4.90 Å². The van der Waals surface area contributed by atoms with Gasteiger partial charge in [-0.05, 0) is 24.0 Å². The van der Waals surface area contributed by atoms with Crippen molar-refractivity contribution in [1.82, 2.24) is 10.2 Å². The number of hydrogen-bond acceptors (Lipinski definition) is 2. The maximum atomic E-state index is 14.5. The minimum Gasteiger partial charge on any atom is -0.314 e. The summed E-state index contributed by atoms with van der Waals surface area (Å²) in [7, 11) is 0. The Bertz CT molecular complexity index is 480. The molecule has 1 heterocycles. The lowest BCUT2D eigenvalue weighted by molar-refractivity contribution is 0.0803. The topological polar surface area (TPSA) is 15.3 Å². The molecule has 1 saturated heterocycles. The van der Waals surface area contributed by atoms with E-state index >= 15 is 0 Å². The molecule has 21 heavy (non-hydrogen) atoms. The second-order valence-corrected chi connectivity index (χ2v) is 6.65. The van der Waals surface area contributed by atoms with Crippen molar-refractivity contribution >= 4 is 12.4 Å². The van der Waals surface area contributed by atoms with Gasteiger partial charge >= 0.3 is 0 Å². The van der Waals surface area contributed by atoms with Gasteiger partial charge in [-0.1, -0.05) is 26.8 Å². The first-order valence-electron chi connectivity index (χ1n) is 7.21. The molecule has 0 amide bonds. The van der Waals surface area contributed by atoms with Crippen molar-refractivity contribution in [1.29, 1.82) is 0 Å². The quantitative estimate of drug-likeness (QED) is 0.894. The smallest absolute Gasteiger partial charge is 0.133 e. The summed E-state index contributed by atoms with van der Waals surface area (Å²) in [5, 5.41) is 3.28. The van der Waals surface area contributed by atoms with Gasteiger partial charge in [-0.15, -0.1) is 12.4 Å². The summed E-state index contributed by atoms with van der Waals surface area (Å²) in [5.74, 6) is -0.838. The van der Waals surface area contributed by atoms with Crippen LogP contribution in [0.15, 0.2) is 12.1 Å². The van der Waals surface area contributed by atoms with Gasteiger partial charge in [0.05, 0.1) is 0 Å². The zero-order valence-electron chi connectivity index (χ0n) is 13.2. The maximum absolute atomic E-state index is 14.5. The van der Waals surface area contributed by atoms with Crippen LogP contribution in [0.25, 0.3) is 0 Å². The first-order chi connectivity index (χ1) is 9.32. The average Bonchev–Trinajstić information content (AvgIpc) is 2.39. The van der Waals surface area contributed by atoms with Crippen LogP contribution >= 0.6 is 12.4 Å². The monoisotopic (exact) mass is 318 g/mol. The van der Waals surface area contributed by atoms with Gasteiger partial charge in [0.2, 0.25) is 0 Å². The van der Waals surface area contributed by atoms with Crippen molar-refractivity contribution in [3.05, 3.63) is 34.9 Å². The highest BCUT2D eigenvalue weighted by Gasteiger charge is 2.36. The van der Waals surface area contributed by atoms with E-state index < -0.39 is 11.6 Å². The lowest BCUT2D eigenvalue weighted by Crippen LogP contribution is -2.48. The van der Waals surface area contributed by atoms with Crippen molar-refractivity contribution in [2.45, 2.75) is 33.7 Å². The lowest BCUT2D eigenvalue weighted by atomic mass is 9.80. The van der Waals surface area contributed by atoms with E-state index in [1.54, 1.807) is 6.92 Å². The highest BCUT2D eigenvalue weighted by Crippen LogP contribution is 2.40. The molecule has 1 N–H and O–H groups in total. The molecule has 0 radical (unpaired) electrons. The van der Waals surface area contributed by atoms with Crippen LogP contribution in [0.3, 0.4) is 0 Å². The Hall–Kier alpha value is -0.710. The Morgan fingerprint density at radius 1 is 1.14 bits per heavy atom. The van der Waals surface area contributed by atoms with Gasteiger partial charge in [0, 0.05) is 37.8 Å². The summed E-state index contributed by atoms with van der Waals surface area (Å²) in [6, 6.07) is 2.64. The summed E-state index contributed by atoms with van der Waals surface area (Å²) in [6.45, 7) is 11.2. The molecule has 120 valence electrons. The van der Waals surface area contributed by atoms with E-state index in [1.165, 1.54) is 12.1 Å². The van der Waals surface area contributed by atoms with Crippen molar-refractivity contribution in [2.24, 2.45) is 5.41 Å². The molecular formula is C16H25ClF2N2. The van der Waals surface area contributed by atoms with E-state index in [1.807, 2.05) is 20.8 Å². The molecule has 1 atom stereocenters. The number of nitrogens with zero attached hydrogens (tertiary/aromatic N) is 1. The summed E-state index contributed by atoms with van der Waals surface area (Å²) >= 11 is 0. The van der Waals surface area contributed by atoms with E-state index in [0.717, 1.165) is 26.2 Å². The number of halogens is 3. The predicted octanol–water partition coefficient (Wildman–Crippen LogP) is 3.69. The van der Waals surface area contributed by atoms with Crippen LogP contribution in [-0.4, -0.2) is 31.1 Å². The Balaban J connectivity index is 0.00000220. The predicted molar refractivity (Wildman–Crippen MR) is 85.0 cm³/mol. The summed E-state index contributed by atoms with van der Waals surface area (Å²) in [6.07, 6.45) is 0. The summed E-state index contributed by atoms with van der Waals surface area (Å²) in [5.41, 5.74) is 0.498. The van der Waals surface area contributed by atoms with Crippen LogP contribution in [0.4, 0.5) is 8.78 Å². The molecule has 2 nitrogen and oxygen atoms in total. The average molecular weight is 319 g/mol. The normalized spacial score (nSPS) is 18.2. The Kier molecular flexibility index (Phi) is 6.14. The fourth-order valence-electron chi connectivity index (χ4n) is 3.03. The Morgan fingerprint density at radius 2 is 1.71 bits per heavy atom. The second kappa shape index (κ2) is 7.03. The molecule has 1 aliphatic heterocycles. The molecule has 5 heteroatoms. The van der Waals surface area contributed by atoms with Crippen LogP contribution in [-0.2, 0) is 0 Å². The number of piperazine rings is 1. The molecule has 0 aliphatic carbocycles. The van der Waals surface area contributed by atoms with Crippen LogP contribution in [0.5, 0.6) is 0 Å². The first kappa shape index (κ1) is 18.3. The van der Waals surface area contributed by atoms with Gasteiger partial charge in [0.25, 0.3) is 0 Å². The molecule has 0 bridgehead atoms. The summed E-state index contributed by atoms with van der Waals surface area (Å²) in [4.78, 5) is 2.19. The number of aryl methyl sites for hydroxylation is 1. The maximum Gasteiger partial charge on any atom is 0.133 e. The molecule has 0 spiro atoms. The Labute approximate surface area is 132 Å². The van der Waals surface area contributed by atoms with Crippen LogP contribution in [0, 0.1) is 24.0 Å². The van der Waals surface area contributed by atoms with Crippen molar-refractivity contribution in [3.8, 4) is 0 Å². The van der Waals surface area contributed by atoms with Crippen LogP contribution in [0.1, 0.15) is 37.9 Å². The Morgan fingerprint density at radius 3 is 2.24 bits per heavy atom. The SMILES string of the molecule is Cc1ccc(F)c([C@H](N2CCNCC2)C(C)(C)C)c1F.Cl. The van der Waals surface area contributed by atoms with Crippen LogP contribution in [0.2, 0.25) is 0 Å². The standard InChI is InChI=1S/C16H24F2N2.ClH/c1-11-5-6-12(17)13(14(11)18)15(16(2,3)4)20-9-7-19-8-10-20;/h5-6,15,19H,7-10H2,1-4H3;1H/t15-;/m0./s1. The number of benzene rings is 1. The number of nitrogens with one attached hydrogen (secondary N) is 1. The van der Waals surface area contributed by atoms with Gasteiger partial charge in [-0.25, -0.2) is 8.78 Å². The van der Waals surface area contributed by atoms with E-state index in [4.69, 9.17) is 0 Å². The highest BCUT2D eigenvalue weighted by atomic mass is 35.5. The largest absolute Gasteiger partial charge is 0.314 e. The van der Waals surface area contributed by atoms with E-state index in [9.17, 15) is 8.78 Å². The molecule has 1 aromatic carbocycles. The van der Waals surface area contributed by atoms with E-state index in [-0.39, 0.29) is 29.4 Å². The fourth-order valence-corrected chi connectivity index (χ4v) is 3.03. The van der Waals surface area contributed by atoms with E-state index in [0.29, 0.717) is 5.56 Å². The highest BCUT2D eigenvalue weighted by molar-refractivity contribution is 5.85. The van der Waals surface area contributed by atoms with Crippen molar-refractivity contribution < 1.29 is 8.78 Å². The molecule has 1 aromatic rings. The first-order valence-corrected chi connectivity index (χ1v) is 7.21. The second-order valence-electron chi connectivity index (χ2n) is 6.65. The van der Waals surface area contributed by atoms with Crippen LogP contribution < -0.4 is 5.32 Å². The van der Waals surface area contributed by atoms with E-state index in [2.05, 4.69) is 10.2 Å². The molecular weight excluding hydrogens is 294 g/mol. The molecule has 1 aliphatic rings. The fraction of sp³-hybridized carbons (Fsp3) is 0.625. The molecule has 2 rings (SSSR count). The third kappa shape index (κ3) is 3.93. The van der Waals surface area contributed by atoms with Gasteiger partial charge in [0.1, 0.15) is 11.6 Å². The number of rotatable bonds is 2. The van der Waals surface area contributed by atoms with Gasteiger partial charge in [-0.2, -0.15) is 0 Å². The third-order valence-corrected chi connectivity index (χ3v) is 3.93. The van der Waals surface area contributed by atoms with Gasteiger partial charge < -0.3 is 5.32 Å². The number of hydrogen-bond donors (Lipinski definition) is 1. The molecule has 0 saturated carbocycles. The molecule has 1 fully saturated rings. The summed E-state index contributed by atoms with van der Waals surface area (Å²) < 4.78 is 28.8. The minimum atomic E-state index is -0.438. The molecule has 0 aromatic heterocycles. The zero-order chi connectivity index (χ0) is 14.9. The third-order valence-electron chi connectivity index (χ3n) is 3.93. The zero-order valence-corrected chi connectivity index (χ0v) is 14.0. The lowest BCUT2D eigenvalue weighted by Gasteiger charge is -2.42. The van der Waals surface area contributed by atoms with Crippen molar-refractivity contribution in [2.75, 3.05) is 26.2 Å². The minimum absolute atomic E-state index is 0. The van der Waals surface area contributed by atoms with Crippen molar-refractivity contribution in [3.63, 3.8) is 0 Å². The molecule has 0 unspecified atom stereocenters.